The van der Waals surface area contributed by atoms with Gasteiger partial charge < -0.3 is 9.80 Å². The van der Waals surface area contributed by atoms with Crippen LogP contribution in [-0.4, -0.2) is 54.4 Å². The van der Waals surface area contributed by atoms with Gasteiger partial charge in [-0.25, -0.2) is 0 Å². The molecule has 1 heterocycles. The molecule has 0 radical (unpaired) electrons. The summed E-state index contributed by atoms with van der Waals surface area (Å²) < 4.78 is 0. The molecule has 0 unspecified atom stereocenters. The summed E-state index contributed by atoms with van der Waals surface area (Å²) in [7, 11) is 4.12. The van der Waals surface area contributed by atoms with E-state index in [1.54, 1.807) is 12.4 Å². The van der Waals surface area contributed by atoms with Crippen molar-refractivity contribution in [2.45, 2.75) is 38.5 Å². The van der Waals surface area contributed by atoms with Gasteiger partial charge in [-0.05, 0) is 44.5 Å². The van der Waals surface area contributed by atoms with Crippen LogP contribution in [0.4, 0.5) is 0 Å². The summed E-state index contributed by atoms with van der Waals surface area (Å²) in [5.41, 5.74) is 1.01. The van der Waals surface area contributed by atoms with Crippen LogP contribution >= 0.6 is 0 Å². The van der Waals surface area contributed by atoms with Crippen molar-refractivity contribution in [3.05, 3.63) is 30.1 Å². The van der Waals surface area contributed by atoms with E-state index in [2.05, 4.69) is 28.9 Å². The largest absolute Gasteiger partial charge is 0.341 e. The van der Waals surface area contributed by atoms with Crippen LogP contribution in [0.3, 0.4) is 0 Å². The van der Waals surface area contributed by atoms with Crippen LogP contribution in [0.25, 0.3) is 0 Å². The fraction of sp³-hybridized carbons (Fsp3) is 0.667. The molecule has 0 atom stereocenters. The SMILES string of the molecule is CN(C)CCN(CC1CCCCC1)C(=O)Cc1cccnc1. The van der Waals surface area contributed by atoms with Gasteiger partial charge in [0, 0.05) is 32.0 Å². The zero-order valence-corrected chi connectivity index (χ0v) is 14.0. The number of likely N-dealkylation sites (N-methyl/N-ethyl adjacent to an activating group) is 1. The molecule has 1 saturated carbocycles. The third-order valence-corrected chi connectivity index (χ3v) is 4.45. The van der Waals surface area contributed by atoms with Crippen LogP contribution in [0.1, 0.15) is 37.7 Å². The Kier molecular flexibility index (Phi) is 6.84. The Morgan fingerprint density at radius 2 is 2.00 bits per heavy atom. The first-order valence-corrected chi connectivity index (χ1v) is 8.46. The maximum atomic E-state index is 12.7. The lowest BCUT2D eigenvalue weighted by Crippen LogP contribution is -2.41. The fourth-order valence-electron chi connectivity index (χ4n) is 3.11. The molecule has 0 spiro atoms. The average molecular weight is 303 g/mol. The van der Waals surface area contributed by atoms with Crippen LogP contribution in [0.2, 0.25) is 0 Å². The van der Waals surface area contributed by atoms with E-state index >= 15 is 0 Å². The first-order valence-electron chi connectivity index (χ1n) is 8.46. The number of carbonyl (C=O) groups is 1. The average Bonchev–Trinajstić information content (AvgIpc) is 2.53. The molecular weight excluding hydrogens is 274 g/mol. The number of carbonyl (C=O) groups excluding carboxylic acids is 1. The summed E-state index contributed by atoms with van der Waals surface area (Å²) in [6.07, 6.45) is 10.6. The molecule has 0 aromatic carbocycles. The van der Waals surface area contributed by atoms with E-state index in [1.807, 2.05) is 12.1 Å². The second-order valence-electron chi connectivity index (χ2n) is 6.69. The summed E-state index contributed by atoms with van der Waals surface area (Å²) in [5.74, 6) is 0.925. The molecule has 4 nitrogen and oxygen atoms in total. The molecule has 2 rings (SSSR count). The Morgan fingerprint density at radius 3 is 2.64 bits per heavy atom. The van der Waals surface area contributed by atoms with Crippen LogP contribution in [0.15, 0.2) is 24.5 Å². The lowest BCUT2D eigenvalue weighted by molar-refractivity contribution is -0.131. The van der Waals surface area contributed by atoms with E-state index in [9.17, 15) is 4.79 Å². The van der Waals surface area contributed by atoms with Crippen LogP contribution in [0, 0.1) is 5.92 Å². The highest BCUT2D eigenvalue weighted by atomic mass is 16.2. The minimum absolute atomic E-state index is 0.237. The van der Waals surface area contributed by atoms with Gasteiger partial charge in [0.25, 0.3) is 0 Å². The van der Waals surface area contributed by atoms with Crippen LogP contribution < -0.4 is 0 Å². The number of nitrogens with zero attached hydrogens (tertiary/aromatic N) is 3. The summed E-state index contributed by atoms with van der Waals surface area (Å²) in [6, 6.07) is 3.88. The predicted octanol–water partition coefficient (Wildman–Crippen LogP) is 2.59. The molecular formula is C18H29N3O. The van der Waals surface area contributed by atoms with Gasteiger partial charge >= 0.3 is 0 Å². The lowest BCUT2D eigenvalue weighted by atomic mass is 9.89. The normalized spacial score (nSPS) is 16.0. The Morgan fingerprint density at radius 1 is 1.23 bits per heavy atom. The van der Waals surface area contributed by atoms with Gasteiger partial charge in [-0.15, -0.1) is 0 Å². The highest BCUT2D eigenvalue weighted by Crippen LogP contribution is 2.24. The minimum atomic E-state index is 0.237. The van der Waals surface area contributed by atoms with E-state index in [0.29, 0.717) is 12.3 Å². The van der Waals surface area contributed by atoms with E-state index in [1.165, 1.54) is 32.1 Å². The molecule has 1 aliphatic carbocycles. The van der Waals surface area contributed by atoms with Crippen LogP contribution in [-0.2, 0) is 11.2 Å². The smallest absolute Gasteiger partial charge is 0.227 e. The lowest BCUT2D eigenvalue weighted by Gasteiger charge is -2.30. The summed E-state index contributed by atoms with van der Waals surface area (Å²) in [6.45, 7) is 2.67. The number of hydrogen-bond donors (Lipinski definition) is 0. The summed E-state index contributed by atoms with van der Waals surface area (Å²) >= 11 is 0. The number of pyridine rings is 1. The quantitative estimate of drug-likeness (QED) is 0.777. The topological polar surface area (TPSA) is 36.4 Å². The molecule has 1 aromatic heterocycles. The highest BCUT2D eigenvalue weighted by molar-refractivity contribution is 5.78. The van der Waals surface area contributed by atoms with Gasteiger partial charge in [0.1, 0.15) is 0 Å². The molecule has 0 aliphatic heterocycles. The molecule has 0 bridgehead atoms. The van der Waals surface area contributed by atoms with Gasteiger partial charge in [0.05, 0.1) is 6.42 Å². The third kappa shape index (κ3) is 5.76. The van der Waals surface area contributed by atoms with E-state index in [0.717, 1.165) is 25.2 Å². The molecule has 1 aliphatic rings. The van der Waals surface area contributed by atoms with Crippen molar-refractivity contribution in [3.63, 3.8) is 0 Å². The maximum absolute atomic E-state index is 12.7. The van der Waals surface area contributed by atoms with Crippen molar-refractivity contribution in [1.29, 1.82) is 0 Å². The summed E-state index contributed by atoms with van der Waals surface area (Å²) in [4.78, 5) is 21.0. The van der Waals surface area contributed by atoms with Crippen molar-refractivity contribution in [2.75, 3.05) is 33.7 Å². The fourth-order valence-corrected chi connectivity index (χ4v) is 3.11. The second kappa shape index (κ2) is 8.89. The Hall–Kier alpha value is -1.42. The van der Waals surface area contributed by atoms with Gasteiger partial charge in [0.15, 0.2) is 0 Å². The standard InChI is InChI=1S/C18H29N3O/c1-20(2)11-12-21(15-16-7-4-3-5-8-16)18(22)13-17-9-6-10-19-14-17/h6,9-10,14,16H,3-5,7-8,11-13,15H2,1-2H3. The molecule has 22 heavy (non-hydrogen) atoms. The zero-order valence-electron chi connectivity index (χ0n) is 14.0. The monoisotopic (exact) mass is 303 g/mol. The molecule has 0 N–H and O–H groups in total. The van der Waals surface area contributed by atoms with Gasteiger partial charge in [-0.1, -0.05) is 25.3 Å². The van der Waals surface area contributed by atoms with Crippen molar-refractivity contribution in [2.24, 2.45) is 5.92 Å². The molecule has 1 amide bonds. The Labute approximate surface area is 134 Å². The maximum Gasteiger partial charge on any atom is 0.227 e. The van der Waals surface area contributed by atoms with Gasteiger partial charge in [-0.2, -0.15) is 0 Å². The highest BCUT2D eigenvalue weighted by Gasteiger charge is 2.21. The third-order valence-electron chi connectivity index (χ3n) is 4.45. The zero-order chi connectivity index (χ0) is 15.8. The number of aromatic nitrogens is 1. The predicted molar refractivity (Wildman–Crippen MR) is 89.7 cm³/mol. The molecule has 0 saturated heterocycles. The van der Waals surface area contributed by atoms with Gasteiger partial charge in [0.2, 0.25) is 5.91 Å². The van der Waals surface area contributed by atoms with E-state index in [-0.39, 0.29) is 5.91 Å². The van der Waals surface area contributed by atoms with E-state index in [4.69, 9.17) is 0 Å². The first-order chi connectivity index (χ1) is 10.6. The van der Waals surface area contributed by atoms with Crippen LogP contribution in [0.5, 0.6) is 0 Å². The molecule has 4 heteroatoms. The van der Waals surface area contributed by atoms with Crippen molar-refractivity contribution in [1.82, 2.24) is 14.8 Å². The van der Waals surface area contributed by atoms with Crippen molar-refractivity contribution < 1.29 is 4.79 Å². The Balaban J connectivity index is 1.94. The molecule has 122 valence electrons. The van der Waals surface area contributed by atoms with Gasteiger partial charge in [-0.3, -0.25) is 9.78 Å². The summed E-state index contributed by atoms with van der Waals surface area (Å²) in [5, 5.41) is 0. The van der Waals surface area contributed by atoms with Crippen molar-refractivity contribution >= 4 is 5.91 Å². The molecule has 1 fully saturated rings. The number of hydrogen-bond acceptors (Lipinski definition) is 3. The number of amides is 1. The van der Waals surface area contributed by atoms with E-state index < -0.39 is 0 Å². The number of rotatable bonds is 7. The first kappa shape index (κ1) is 16.9. The minimum Gasteiger partial charge on any atom is -0.341 e. The molecule has 1 aromatic rings. The Bertz CT molecular complexity index is 441. The van der Waals surface area contributed by atoms with Crippen molar-refractivity contribution in [3.8, 4) is 0 Å². The second-order valence-corrected chi connectivity index (χ2v) is 6.69.